The van der Waals surface area contributed by atoms with Crippen LogP contribution in [0.1, 0.15) is 24.4 Å². The van der Waals surface area contributed by atoms with Crippen LogP contribution in [0.3, 0.4) is 0 Å². The highest BCUT2D eigenvalue weighted by molar-refractivity contribution is 5.94. The van der Waals surface area contributed by atoms with Crippen LogP contribution in [0.25, 0.3) is 11.0 Å². The molecule has 1 heterocycles. The van der Waals surface area contributed by atoms with Gasteiger partial charge >= 0.3 is 6.18 Å². The lowest BCUT2D eigenvalue weighted by atomic mass is 10.2. The molecule has 2 aromatic carbocycles. The van der Waals surface area contributed by atoms with Crippen molar-refractivity contribution in [2.75, 3.05) is 5.32 Å². The van der Waals surface area contributed by atoms with Crippen LogP contribution >= 0.6 is 0 Å². The van der Waals surface area contributed by atoms with Crippen LogP contribution in [0.5, 0.6) is 0 Å². The summed E-state index contributed by atoms with van der Waals surface area (Å²) in [4.78, 5) is 16.2. The fraction of sp³-hybridized carbons (Fsp3) is 0.222. The molecule has 0 fully saturated rings. The van der Waals surface area contributed by atoms with Gasteiger partial charge in [-0.1, -0.05) is 24.3 Å². The van der Waals surface area contributed by atoms with Gasteiger partial charge in [0.1, 0.15) is 6.04 Å². The summed E-state index contributed by atoms with van der Waals surface area (Å²) in [6, 6.07) is 12.2. The summed E-state index contributed by atoms with van der Waals surface area (Å²) < 4.78 is 41.1. The number of para-hydroxylation sites is 2. The topological polar surface area (TPSA) is 46.9 Å². The highest BCUT2D eigenvalue weighted by Crippen LogP contribution is 2.34. The Morgan fingerprint density at radius 1 is 1.16 bits per heavy atom. The van der Waals surface area contributed by atoms with E-state index in [0.717, 1.165) is 10.1 Å². The third-order valence-electron chi connectivity index (χ3n) is 3.90. The number of aromatic nitrogens is 2. The van der Waals surface area contributed by atoms with E-state index < -0.39 is 23.9 Å². The van der Waals surface area contributed by atoms with Crippen molar-refractivity contribution in [3.8, 4) is 0 Å². The molecule has 0 aliphatic rings. The molecule has 3 rings (SSSR count). The molecule has 0 aliphatic carbocycles. The van der Waals surface area contributed by atoms with E-state index in [1.807, 2.05) is 13.0 Å². The van der Waals surface area contributed by atoms with Crippen LogP contribution in [0.2, 0.25) is 0 Å². The minimum absolute atomic E-state index is 0.199. The Labute approximate surface area is 142 Å². The lowest BCUT2D eigenvalue weighted by Gasteiger charge is -2.18. The molecule has 1 N–H and O–H groups in total. The predicted molar refractivity (Wildman–Crippen MR) is 89.3 cm³/mol. The van der Waals surface area contributed by atoms with Gasteiger partial charge in [-0.15, -0.1) is 0 Å². The number of fused-ring (bicyclic) bond motifs is 1. The number of amides is 1. The number of benzene rings is 2. The Morgan fingerprint density at radius 2 is 1.88 bits per heavy atom. The average Bonchev–Trinajstić information content (AvgIpc) is 2.94. The van der Waals surface area contributed by atoms with Gasteiger partial charge < -0.3 is 9.88 Å². The first kappa shape index (κ1) is 17.0. The Morgan fingerprint density at radius 3 is 2.56 bits per heavy atom. The maximum Gasteiger partial charge on any atom is 0.449 e. The molecule has 7 heteroatoms. The number of nitrogens with one attached hydrogen (secondary N) is 1. The number of halogens is 3. The average molecular weight is 347 g/mol. The third-order valence-corrected chi connectivity index (χ3v) is 3.90. The second-order valence-electron chi connectivity index (χ2n) is 5.83. The van der Waals surface area contributed by atoms with Gasteiger partial charge in [0.05, 0.1) is 11.0 Å². The van der Waals surface area contributed by atoms with E-state index in [9.17, 15) is 18.0 Å². The zero-order valence-corrected chi connectivity index (χ0v) is 13.6. The van der Waals surface area contributed by atoms with Crippen LogP contribution in [-0.4, -0.2) is 15.5 Å². The Hall–Kier alpha value is -2.83. The van der Waals surface area contributed by atoms with Crippen molar-refractivity contribution in [1.29, 1.82) is 0 Å². The van der Waals surface area contributed by atoms with E-state index in [4.69, 9.17) is 0 Å². The minimum Gasteiger partial charge on any atom is -0.324 e. The van der Waals surface area contributed by atoms with Crippen molar-refractivity contribution in [2.45, 2.75) is 26.1 Å². The standard InChI is InChI=1S/C18H16F3N3O/c1-11-6-5-7-13(10-11)22-16(25)12(2)24-15-9-4-3-8-14(15)23-17(24)18(19,20)21/h3-10,12H,1-2H3,(H,22,25)/t12-/m0/s1. The summed E-state index contributed by atoms with van der Waals surface area (Å²) in [7, 11) is 0. The number of alkyl halides is 3. The molecule has 0 saturated carbocycles. The van der Waals surface area contributed by atoms with Gasteiger partial charge in [-0.25, -0.2) is 4.98 Å². The Balaban J connectivity index is 2.01. The molecular formula is C18H16F3N3O. The van der Waals surface area contributed by atoms with E-state index in [-0.39, 0.29) is 11.0 Å². The predicted octanol–water partition coefficient (Wildman–Crippen LogP) is 4.56. The number of rotatable bonds is 3. The molecule has 4 nitrogen and oxygen atoms in total. The lowest BCUT2D eigenvalue weighted by Crippen LogP contribution is -2.27. The molecule has 1 amide bonds. The number of imidazole rings is 1. The number of aryl methyl sites for hydroxylation is 1. The first-order chi connectivity index (χ1) is 11.8. The van der Waals surface area contributed by atoms with E-state index >= 15 is 0 Å². The highest BCUT2D eigenvalue weighted by Gasteiger charge is 2.39. The molecule has 130 valence electrons. The summed E-state index contributed by atoms with van der Waals surface area (Å²) in [6.07, 6.45) is -4.66. The minimum atomic E-state index is -4.66. The zero-order chi connectivity index (χ0) is 18.2. The highest BCUT2D eigenvalue weighted by atomic mass is 19.4. The molecule has 25 heavy (non-hydrogen) atoms. The maximum atomic E-state index is 13.4. The quantitative estimate of drug-likeness (QED) is 0.755. The zero-order valence-electron chi connectivity index (χ0n) is 13.6. The lowest BCUT2D eigenvalue weighted by molar-refractivity contribution is -0.148. The number of nitrogens with zero attached hydrogens (tertiary/aromatic N) is 2. The van der Waals surface area contributed by atoms with Crippen molar-refractivity contribution in [1.82, 2.24) is 9.55 Å². The molecule has 0 bridgehead atoms. The van der Waals surface area contributed by atoms with Gasteiger partial charge in [0.25, 0.3) is 0 Å². The summed E-state index contributed by atoms with van der Waals surface area (Å²) in [5.74, 6) is -1.63. The van der Waals surface area contributed by atoms with Crippen molar-refractivity contribution in [3.63, 3.8) is 0 Å². The fourth-order valence-electron chi connectivity index (χ4n) is 2.72. The molecule has 0 spiro atoms. The Kier molecular flexibility index (Phi) is 4.24. The first-order valence-corrected chi connectivity index (χ1v) is 7.69. The normalized spacial score (nSPS) is 13.0. The smallest absolute Gasteiger partial charge is 0.324 e. The summed E-state index contributed by atoms with van der Waals surface area (Å²) in [6.45, 7) is 3.29. The third kappa shape index (κ3) is 3.35. The fourth-order valence-corrected chi connectivity index (χ4v) is 2.72. The van der Waals surface area contributed by atoms with Crippen molar-refractivity contribution in [3.05, 3.63) is 59.9 Å². The number of carbonyl (C=O) groups is 1. The van der Waals surface area contributed by atoms with Crippen LogP contribution in [0.15, 0.2) is 48.5 Å². The Bertz CT molecular complexity index is 931. The van der Waals surface area contributed by atoms with Gasteiger partial charge in [0, 0.05) is 5.69 Å². The monoisotopic (exact) mass is 347 g/mol. The molecule has 3 aromatic rings. The summed E-state index contributed by atoms with van der Waals surface area (Å²) >= 11 is 0. The van der Waals surface area contributed by atoms with Crippen molar-refractivity contribution < 1.29 is 18.0 Å². The molecule has 1 atom stereocenters. The van der Waals surface area contributed by atoms with Crippen LogP contribution in [-0.2, 0) is 11.0 Å². The SMILES string of the molecule is Cc1cccc(NC(=O)[C@H](C)n2c(C(F)(F)F)nc3ccccc32)c1. The largest absolute Gasteiger partial charge is 0.449 e. The van der Waals surface area contributed by atoms with Crippen LogP contribution < -0.4 is 5.32 Å². The van der Waals surface area contributed by atoms with Gasteiger partial charge in [0.15, 0.2) is 0 Å². The summed E-state index contributed by atoms with van der Waals surface area (Å²) in [5, 5.41) is 2.66. The van der Waals surface area contributed by atoms with E-state index in [2.05, 4.69) is 10.3 Å². The molecule has 0 radical (unpaired) electrons. The molecule has 0 unspecified atom stereocenters. The van der Waals surface area contributed by atoms with Crippen molar-refractivity contribution >= 4 is 22.6 Å². The van der Waals surface area contributed by atoms with E-state index in [0.29, 0.717) is 5.69 Å². The number of carbonyl (C=O) groups excluding carboxylic acids is 1. The first-order valence-electron chi connectivity index (χ1n) is 7.69. The van der Waals surface area contributed by atoms with Crippen molar-refractivity contribution in [2.24, 2.45) is 0 Å². The van der Waals surface area contributed by atoms with E-state index in [1.165, 1.54) is 19.1 Å². The molecule has 0 aliphatic heterocycles. The van der Waals surface area contributed by atoms with Gasteiger partial charge in [-0.3, -0.25) is 4.79 Å². The maximum absolute atomic E-state index is 13.4. The van der Waals surface area contributed by atoms with Crippen LogP contribution in [0.4, 0.5) is 18.9 Å². The van der Waals surface area contributed by atoms with Crippen LogP contribution in [0, 0.1) is 6.92 Å². The number of anilines is 1. The number of hydrogen-bond donors (Lipinski definition) is 1. The second kappa shape index (κ2) is 6.23. The second-order valence-corrected chi connectivity index (χ2v) is 5.83. The van der Waals surface area contributed by atoms with E-state index in [1.54, 1.807) is 30.3 Å². The van der Waals surface area contributed by atoms with Gasteiger partial charge in [-0.05, 0) is 43.7 Å². The number of hydrogen-bond acceptors (Lipinski definition) is 2. The van der Waals surface area contributed by atoms with Gasteiger partial charge in [-0.2, -0.15) is 13.2 Å². The molecular weight excluding hydrogens is 331 g/mol. The summed E-state index contributed by atoms with van der Waals surface area (Å²) in [5.41, 5.74) is 1.94. The molecule has 1 aromatic heterocycles. The molecule has 0 saturated heterocycles. The van der Waals surface area contributed by atoms with Gasteiger partial charge in [0.2, 0.25) is 11.7 Å².